The Bertz CT molecular complexity index is 351. The zero-order valence-electron chi connectivity index (χ0n) is 9.10. The molecule has 0 aliphatic heterocycles. The van der Waals surface area contributed by atoms with Crippen LogP contribution in [0.4, 0.5) is 0 Å². The molecule has 0 saturated carbocycles. The lowest BCUT2D eigenvalue weighted by Crippen LogP contribution is -1.86. The van der Waals surface area contributed by atoms with Gasteiger partial charge in [0, 0.05) is 12.8 Å². The minimum atomic E-state index is 0.252. The Hall–Kier alpha value is -0.700. The number of hydrogen-bond acceptors (Lipinski definition) is 2. The van der Waals surface area contributed by atoms with Crippen molar-refractivity contribution in [3.05, 3.63) is 21.7 Å². The molecule has 2 nitrogen and oxygen atoms in total. The second-order valence-corrected chi connectivity index (χ2v) is 4.77. The van der Waals surface area contributed by atoms with Gasteiger partial charge in [-0.05, 0) is 48.7 Å². The van der Waals surface area contributed by atoms with E-state index in [1.54, 1.807) is 6.08 Å². The average Bonchev–Trinajstić information content (AvgIpc) is 2.68. The molecule has 2 rings (SSSR count). The molecule has 2 aliphatic rings. The highest BCUT2D eigenvalue weighted by Gasteiger charge is 2.16. The van der Waals surface area contributed by atoms with Crippen LogP contribution in [0.3, 0.4) is 0 Å². The van der Waals surface area contributed by atoms with Gasteiger partial charge in [-0.3, -0.25) is 9.59 Å². The molecule has 0 saturated heterocycles. The summed E-state index contributed by atoms with van der Waals surface area (Å²) in [5.41, 5.74) is 2.42. The summed E-state index contributed by atoms with van der Waals surface area (Å²) in [6.07, 6.45) is 5.09. The lowest BCUT2D eigenvalue weighted by Gasteiger charge is -1.84. The number of Topliss-reactive ketones (excluding diaryl/α,β-unsaturated/α-hetero) is 1. The second kappa shape index (κ2) is 5.40. The van der Waals surface area contributed by atoms with E-state index in [9.17, 15) is 9.59 Å². The Morgan fingerprint density at radius 3 is 1.87 bits per heavy atom. The summed E-state index contributed by atoms with van der Waals surface area (Å²) in [5, 5.41) is 0. The largest absolute Gasteiger partial charge is 0.295 e. The fourth-order valence-electron chi connectivity index (χ4n) is 1.50. The molecule has 15 heavy (non-hydrogen) atoms. The summed E-state index contributed by atoms with van der Waals surface area (Å²) < 4.78 is 0.803. The number of allylic oxidation sites excluding steroid dienone is 4. The first-order chi connectivity index (χ1) is 7.00. The molecule has 82 valence electrons. The fraction of sp³-hybridized carbons (Fsp3) is 0.500. The number of ketones is 2. The number of halogens is 1. The molecule has 0 spiro atoms. The quantitative estimate of drug-likeness (QED) is 0.677. The van der Waals surface area contributed by atoms with E-state index < -0.39 is 0 Å². The molecule has 0 N–H and O–H groups in total. The Morgan fingerprint density at radius 2 is 1.73 bits per heavy atom. The molecular formula is C12H15BrO2. The van der Waals surface area contributed by atoms with E-state index in [0.29, 0.717) is 6.42 Å². The highest BCUT2D eigenvalue weighted by Crippen LogP contribution is 2.26. The van der Waals surface area contributed by atoms with E-state index in [1.807, 2.05) is 13.8 Å². The van der Waals surface area contributed by atoms with Gasteiger partial charge in [0.15, 0.2) is 11.6 Å². The topological polar surface area (TPSA) is 34.1 Å². The Morgan fingerprint density at radius 1 is 1.07 bits per heavy atom. The minimum absolute atomic E-state index is 0.252. The SMILES string of the molecule is CC1=C(Br)C(=O)CC1.CC1=CC(=O)CC1. The summed E-state index contributed by atoms with van der Waals surface area (Å²) >= 11 is 3.20. The van der Waals surface area contributed by atoms with E-state index in [-0.39, 0.29) is 11.6 Å². The number of hydrogen-bond donors (Lipinski definition) is 0. The van der Waals surface area contributed by atoms with Crippen LogP contribution in [0.5, 0.6) is 0 Å². The molecule has 0 heterocycles. The predicted molar refractivity (Wildman–Crippen MR) is 63.9 cm³/mol. The van der Waals surface area contributed by atoms with E-state index in [4.69, 9.17) is 0 Å². The summed E-state index contributed by atoms with van der Waals surface area (Å²) in [5.74, 6) is 0.542. The maximum Gasteiger partial charge on any atom is 0.170 e. The van der Waals surface area contributed by atoms with E-state index in [0.717, 1.165) is 23.7 Å². The summed E-state index contributed by atoms with van der Waals surface area (Å²) in [6.45, 7) is 3.97. The van der Waals surface area contributed by atoms with Gasteiger partial charge in [-0.1, -0.05) is 11.1 Å². The van der Waals surface area contributed by atoms with E-state index in [2.05, 4.69) is 15.9 Å². The fourth-order valence-corrected chi connectivity index (χ4v) is 1.89. The van der Waals surface area contributed by atoms with Crippen LogP contribution in [0.15, 0.2) is 21.7 Å². The first kappa shape index (κ1) is 12.4. The minimum Gasteiger partial charge on any atom is -0.295 e. The van der Waals surface area contributed by atoms with Gasteiger partial charge < -0.3 is 0 Å². The second-order valence-electron chi connectivity index (χ2n) is 3.97. The third-order valence-electron chi connectivity index (χ3n) is 2.52. The maximum absolute atomic E-state index is 10.7. The van der Waals surface area contributed by atoms with Gasteiger partial charge in [-0.25, -0.2) is 0 Å². The van der Waals surface area contributed by atoms with Crippen LogP contribution in [0.2, 0.25) is 0 Å². The monoisotopic (exact) mass is 270 g/mol. The zero-order chi connectivity index (χ0) is 11.4. The van der Waals surface area contributed by atoms with Crippen molar-refractivity contribution in [2.24, 2.45) is 0 Å². The van der Waals surface area contributed by atoms with Crippen LogP contribution in [0.1, 0.15) is 39.5 Å². The zero-order valence-corrected chi connectivity index (χ0v) is 10.7. The molecule has 0 fully saturated rings. The third-order valence-corrected chi connectivity index (χ3v) is 3.64. The molecule has 0 aromatic rings. The third kappa shape index (κ3) is 3.74. The first-order valence-corrected chi connectivity index (χ1v) is 5.88. The lowest BCUT2D eigenvalue weighted by molar-refractivity contribution is -0.114. The van der Waals surface area contributed by atoms with Gasteiger partial charge >= 0.3 is 0 Å². The van der Waals surface area contributed by atoms with Crippen molar-refractivity contribution in [2.75, 3.05) is 0 Å². The molecule has 0 atom stereocenters. The Balaban J connectivity index is 0.000000151. The molecule has 0 radical (unpaired) electrons. The molecule has 2 aliphatic carbocycles. The molecule has 3 heteroatoms. The molecule has 0 unspecified atom stereocenters. The Labute approximate surface area is 98.6 Å². The smallest absolute Gasteiger partial charge is 0.170 e. The summed E-state index contributed by atoms with van der Waals surface area (Å²) in [6, 6.07) is 0. The van der Waals surface area contributed by atoms with Crippen LogP contribution in [-0.4, -0.2) is 11.6 Å². The van der Waals surface area contributed by atoms with Crippen molar-refractivity contribution >= 4 is 27.5 Å². The van der Waals surface area contributed by atoms with Crippen molar-refractivity contribution in [3.63, 3.8) is 0 Å². The predicted octanol–water partition coefficient (Wildman–Crippen LogP) is 3.31. The highest BCUT2D eigenvalue weighted by atomic mass is 79.9. The van der Waals surface area contributed by atoms with Gasteiger partial charge in [-0.2, -0.15) is 0 Å². The molecular weight excluding hydrogens is 256 g/mol. The van der Waals surface area contributed by atoms with Gasteiger partial charge in [0.1, 0.15) is 0 Å². The van der Waals surface area contributed by atoms with Crippen LogP contribution in [0.25, 0.3) is 0 Å². The number of rotatable bonds is 0. The van der Waals surface area contributed by atoms with Crippen molar-refractivity contribution < 1.29 is 9.59 Å². The molecule has 0 aromatic heterocycles. The molecule has 0 aromatic carbocycles. The van der Waals surface area contributed by atoms with Crippen LogP contribution >= 0.6 is 15.9 Å². The number of carbonyl (C=O) groups excluding carboxylic acids is 2. The van der Waals surface area contributed by atoms with Gasteiger partial charge in [0.25, 0.3) is 0 Å². The highest BCUT2D eigenvalue weighted by molar-refractivity contribution is 9.12. The first-order valence-electron chi connectivity index (χ1n) is 5.09. The van der Waals surface area contributed by atoms with Gasteiger partial charge in [-0.15, -0.1) is 0 Å². The van der Waals surface area contributed by atoms with Gasteiger partial charge in [0.05, 0.1) is 4.48 Å². The van der Waals surface area contributed by atoms with E-state index in [1.165, 1.54) is 11.1 Å². The summed E-state index contributed by atoms with van der Waals surface area (Å²) in [4.78, 5) is 21.1. The molecule has 0 bridgehead atoms. The maximum atomic E-state index is 10.7. The van der Waals surface area contributed by atoms with E-state index >= 15 is 0 Å². The van der Waals surface area contributed by atoms with Crippen molar-refractivity contribution in [2.45, 2.75) is 39.5 Å². The normalized spacial score (nSPS) is 20.3. The molecule has 0 amide bonds. The average molecular weight is 271 g/mol. The van der Waals surface area contributed by atoms with Crippen molar-refractivity contribution in [1.82, 2.24) is 0 Å². The van der Waals surface area contributed by atoms with Crippen molar-refractivity contribution in [1.29, 1.82) is 0 Å². The number of carbonyl (C=O) groups is 2. The lowest BCUT2D eigenvalue weighted by atomic mass is 10.3. The van der Waals surface area contributed by atoms with Crippen LogP contribution in [0, 0.1) is 0 Å². The standard InChI is InChI=1S/C6H7BrO.C6H8O/c1-4-2-3-5(8)6(4)7;1-5-2-3-6(7)4-5/h2-3H2,1H3;4H,2-3H2,1H3. The van der Waals surface area contributed by atoms with Crippen molar-refractivity contribution in [3.8, 4) is 0 Å². The summed E-state index contributed by atoms with van der Waals surface area (Å²) in [7, 11) is 0. The van der Waals surface area contributed by atoms with Crippen LogP contribution < -0.4 is 0 Å². The van der Waals surface area contributed by atoms with Crippen LogP contribution in [-0.2, 0) is 9.59 Å². The van der Waals surface area contributed by atoms with Gasteiger partial charge in [0.2, 0.25) is 0 Å². The Kier molecular flexibility index (Phi) is 4.45.